The lowest BCUT2D eigenvalue weighted by molar-refractivity contribution is 0.345. The molecule has 5 nitrogen and oxygen atoms in total. The Hall–Kier alpha value is -1.84. The van der Waals surface area contributed by atoms with Crippen LogP contribution < -0.4 is 0 Å². The predicted octanol–water partition coefficient (Wildman–Crippen LogP) is 2.59. The fourth-order valence-corrected chi connectivity index (χ4v) is 6.21. The molecule has 0 saturated carbocycles. The van der Waals surface area contributed by atoms with Crippen molar-refractivity contribution in [3.8, 4) is 0 Å². The summed E-state index contributed by atoms with van der Waals surface area (Å²) in [4.78, 5) is -0.136. The molecule has 1 saturated heterocycles. The Balaban J connectivity index is 1.77. The Bertz CT molecular complexity index is 1000. The van der Waals surface area contributed by atoms with Crippen LogP contribution in [0.5, 0.6) is 0 Å². The number of sulfonamides is 1. The molecular weight excluding hydrogens is 384 g/mol. The SMILES string of the molecule is O=S(=O)(c1ccccc1)C1CCN(S(=O)(=O)c2ccc(F)c(F)c2)CC1. The van der Waals surface area contributed by atoms with Gasteiger partial charge in [0.25, 0.3) is 0 Å². The van der Waals surface area contributed by atoms with E-state index in [1.54, 1.807) is 18.2 Å². The third-order valence-corrected chi connectivity index (χ3v) is 8.61. The minimum atomic E-state index is -4.00. The van der Waals surface area contributed by atoms with Crippen molar-refractivity contribution in [1.29, 1.82) is 0 Å². The third-order valence-electron chi connectivity index (χ3n) is 4.44. The Kier molecular flexibility index (Phi) is 5.14. The minimum absolute atomic E-state index is 0.00193. The molecule has 0 spiro atoms. The van der Waals surface area contributed by atoms with E-state index in [-0.39, 0.29) is 35.7 Å². The van der Waals surface area contributed by atoms with Gasteiger partial charge in [-0.3, -0.25) is 0 Å². The second kappa shape index (κ2) is 7.05. The number of nitrogens with zero attached hydrogens (tertiary/aromatic N) is 1. The van der Waals surface area contributed by atoms with Gasteiger partial charge < -0.3 is 0 Å². The lowest BCUT2D eigenvalue weighted by Gasteiger charge is -2.31. The highest BCUT2D eigenvalue weighted by Crippen LogP contribution is 2.28. The fraction of sp³-hybridized carbons (Fsp3) is 0.294. The molecule has 0 radical (unpaired) electrons. The molecule has 1 heterocycles. The summed E-state index contributed by atoms with van der Waals surface area (Å²) in [6.07, 6.45) is 0.278. The van der Waals surface area contributed by atoms with Gasteiger partial charge in [-0.15, -0.1) is 0 Å². The molecule has 140 valence electrons. The largest absolute Gasteiger partial charge is 0.243 e. The molecule has 0 amide bonds. The highest BCUT2D eigenvalue weighted by atomic mass is 32.2. The first-order valence-electron chi connectivity index (χ1n) is 7.97. The maximum absolute atomic E-state index is 13.3. The first-order chi connectivity index (χ1) is 12.2. The molecule has 2 aromatic rings. The van der Waals surface area contributed by atoms with Crippen LogP contribution in [0.4, 0.5) is 8.78 Å². The van der Waals surface area contributed by atoms with Crippen molar-refractivity contribution < 1.29 is 25.6 Å². The van der Waals surface area contributed by atoms with Gasteiger partial charge in [-0.05, 0) is 43.2 Å². The van der Waals surface area contributed by atoms with Crippen LogP contribution in [0.3, 0.4) is 0 Å². The molecule has 26 heavy (non-hydrogen) atoms. The van der Waals surface area contributed by atoms with Crippen molar-refractivity contribution in [1.82, 2.24) is 4.31 Å². The van der Waals surface area contributed by atoms with E-state index in [4.69, 9.17) is 0 Å². The molecule has 9 heteroatoms. The molecule has 0 bridgehead atoms. The van der Waals surface area contributed by atoms with Crippen molar-refractivity contribution in [2.45, 2.75) is 27.9 Å². The van der Waals surface area contributed by atoms with Crippen molar-refractivity contribution in [2.75, 3.05) is 13.1 Å². The smallest absolute Gasteiger partial charge is 0.223 e. The van der Waals surface area contributed by atoms with Gasteiger partial charge in [0.1, 0.15) is 0 Å². The zero-order chi connectivity index (χ0) is 18.9. The summed E-state index contributed by atoms with van der Waals surface area (Å²) < 4.78 is 77.9. The van der Waals surface area contributed by atoms with E-state index in [0.717, 1.165) is 16.4 Å². The summed E-state index contributed by atoms with van der Waals surface area (Å²) >= 11 is 0. The van der Waals surface area contributed by atoms with Gasteiger partial charge in [0, 0.05) is 13.1 Å². The lowest BCUT2D eigenvalue weighted by atomic mass is 10.2. The normalized spacial score (nSPS) is 17.3. The maximum atomic E-state index is 13.3. The van der Waals surface area contributed by atoms with Crippen molar-refractivity contribution >= 4 is 19.9 Å². The van der Waals surface area contributed by atoms with Crippen LogP contribution >= 0.6 is 0 Å². The molecule has 3 rings (SSSR count). The van der Waals surface area contributed by atoms with E-state index >= 15 is 0 Å². The summed E-state index contributed by atoms with van der Waals surface area (Å²) in [5, 5.41) is -0.679. The van der Waals surface area contributed by atoms with E-state index in [0.29, 0.717) is 6.07 Å². The second-order valence-corrected chi connectivity index (χ2v) is 10.2. The van der Waals surface area contributed by atoms with Crippen LogP contribution in [0.2, 0.25) is 0 Å². The molecule has 0 aliphatic carbocycles. The zero-order valence-electron chi connectivity index (χ0n) is 13.7. The standard InChI is InChI=1S/C17H17F2NO4S2/c18-16-7-6-15(12-17(16)19)26(23,24)20-10-8-14(9-11-20)25(21,22)13-4-2-1-3-5-13/h1-7,12,14H,8-11H2. The molecule has 2 aromatic carbocycles. The highest BCUT2D eigenvalue weighted by molar-refractivity contribution is 7.92. The first-order valence-corrected chi connectivity index (χ1v) is 11.0. The zero-order valence-corrected chi connectivity index (χ0v) is 15.3. The number of rotatable bonds is 4. The Labute approximate surface area is 151 Å². The molecule has 0 aromatic heterocycles. The first kappa shape index (κ1) is 18.9. The number of hydrogen-bond donors (Lipinski definition) is 0. The van der Waals surface area contributed by atoms with Crippen molar-refractivity contribution in [2.24, 2.45) is 0 Å². The second-order valence-electron chi connectivity index (χ2n) is 6.04. The van der Waals surface area contributed by atoms with Crippen LogP contribution in [-0.4, -0.2) is 39.5 Å². The van der Waals surface area contributed by atoms with Crippen LogP contribution in [0.15, 0.2) is 58.3 Å². The molecule has 1 aliphatic rings. The lowest BCUT2D eigenvalue weighted by Crippen LogP contribution is -2.42. The average Bonchev–Trinajstić information content (AvgIpc) is 2.64. The van der Waals surface area contributed by atoms with Crippen LogP contribution in [0, 0.1) is 11.6 Å². The summed E-state index contributed by atoms with van der Waals surface area (Å²) in [7, 11) is -7.54. The van der Waals surface area contributed by atoms with Gasteiger partial charge in [-0.25, -0.2) is 25.6 Å². The third kappa shape index (κ3) is 3.51. The van der Waals surface area contributed by atoms with E-state index < -0.39 is 36.7 Å². The van der Waals surface area contributed by atoms with Crippen LogP contribution in [-0.2, 0) is 19.9 Å². The topological polar surface area (TPSA) is 71.5 Å². The van der Waals surface area contributed by atoms with Gasteiger partial charge in [-0.1, -0.05) is 18.2 Å². The van der Waals surface area contributed by atoms with Crippen molar-refractivity contribution in [3.63, 3.8) is 0 Å². The summed E-state index contributed by atoms with van der Waals surface area (Å²) in [5.74, 6) is -2.37. The van der Waals surface area contributed by atoms with Gasteiger partial charge in [-0.2, -0.15) is 4.31 Å². The molecule has 0 N–H and O–H groups in total. The summed E-state index contributed by atoms with van der Waals surface area (Å²) in [6.45, 7) is -0.00385. The number of benzene rings is 2. The van der Waals surface area contributed by atoms with E-state index in [2.05, 4.69) is 0 Å². The summed E-state index contributed by atoms with van der Waals surface area (Å²) in [6, 6.07) is 10.4. The Morgan fingerprint density at radius 1 is 0.808 bits per heavy atom. The fourth-order valence-electron chi connectivity index (χ4n) is 2.97. The molecule has 1 aliphatic heterocycles. The van der Waals surface area contributed by atoms with Gasteiger partial charge in [0.15, 0.2) is 21.5 Å². The van der Waals surface area contributed by atoms with E-state index in [1.807, 2.05) is 0 Å². The van der Waals surface area contributed by atoms with Gasteiger partial charge >= 0.3 is 0 Å². The van der Waals surface area contributed by atoms with Crippen LogP contribution in [0.1, 0.15) is 12.8 Å². The average molecular weight is 401 g/mol. The van der Waals surface area contributed by atoms with Gasteiger partial charge in [0.05, 0.1) is 15.0 Å². The van der Waals surface area contributed by atoms with E-state index in [9.17, 15) is 25.6 Å². The summed E-state index contributed by atoms with van der Waals surface area (Å²) in [5.41, 5.74) is 0. The minimum Gasteiger partial charge on any atom is -0.223 e. The predicted molar refractivity (Wildman–Crippen MR) is 91.8 cm³/mol. The molecular formula is C17H17F2NO4S2. The highest BCUT2D eigenvalue weighted by Gasteiger charge is 2.35. The number of sulfone groups is 1. The number of piperidine rings is 1. The molecule has 0 unspecified atom stereocenters. The number of hydrogen-bond acceptors (Lipinski definition) is 4. The van der Waals surface area contributed by atoms with Crippen LogP contribution in [0.25, 0.3) is 0 Å². The quantitative estimate of drug-likeness (QED) is 0.790. The van der Waals surface area contributed by atoms with Gasteiger partial charge in [0.2, 0.25) is 10.0 Å². The monoisotopic (exact) mass is 401 g/mol. The van der Waals surface area contributed by atoms with E-state index in [1.165, 1.54) is 12.1 Å². The Morgan fingerprint density at radius 3 is 2.00 bits per heavy atom. The molecule has 1 fully saturated rings. The van der Waals surface area contributed by atoms with Crippen molar-refractivity contribution in [3.05, 3.63) is 60.2 Å². The maximum Gasteiger partial charge on any atom is 0.243 e. The molecule has 0 atom stereocenters. The number of halogens is 2. The Morgan fingerprint density at radius 2 is 1.42 bits per heavy atom.